The van der Waals surface area contributed by atoms with E-state index in [0.717, 1.165) is 11.0 Å². The molecule has 118 valence electrons. The van der Waals surface area contributed by atoms with Gasteiger partial charge in [-0.25, -0.2) is 9.55 Å². The van der Waals surface area contributed by atoms with Crippen LogP contribution >= 0.6 is 11.6 Å². The maximum Gasteiger partial charge on any atom is 0.356 e. The largest absolute Gasteiger partial charge is 0.393 e. The van der Waals surface area contributed by atoms with Crippen molar-refractivity contribution in [2.24, 2.45) is 0 Å². The molecule has 0 saturated carbocycles. The molecular formula is C17H17ClN3O2+. The van der Waals surface area contributed by atoms with Crippen LogP contribution in [-0.4, -0.2) is 29.0 Å². The van der Waals surface area contributed by atoms with Crippen LogP contribution in [0.5, 0.6) is 0 Å². The average Bonchev–Trinajstić information content (AvgIpc) is 2.91. The van der Waals surface area contributed by atoms with Crippen LogP contribution in [0.1, 0.15) is 10.4 Å². The van der Waals surface area contributed by atoms with E-state index in [1.54, 1.807) is 24.3 Å². The zero-order chi connectivity index (χ0) is 16.2. The number of hydrogen-bond acceptors (Lipinski definition) is 3. The number of nitrogens with zero attached hydrogens (tertiary/aromatic N) is 1. The third-order valence-electron chi connectivity index (χ3n) is 3.59. The summed E-state index contributed by atoms with van der Waals surface area (Å²) in [7, 11) is 0. The summed E-state index contributed by atoms with van der Waals surface area (Å²) in [6.07, 6.45) is 0. The lowest BCUT2D eigenvalue weighted by Crippen LogP contribution is -2.40. The Bertz CT molecular complexity index is 827. The molecule has 0 aliphatic carbocycles. The first kappa shape index (κ1) is 15.5. The predicted molar refractivity (Wildman–Crippen MR) is 89.9 cm³/mol. The summed E-state index contributed by atoms with van der Waals surface area (Å²) in [5.74, 6) is 0.686. The van der Waals surface area contributed by atoms with Crippen molar-refractivity contribution in [2.45, 2.75) is 6.54 Å². The number of carbonyl (C=O) groups is 1. The Morgan fingerprint density at radius 1 is 1.17 bits per heavy atom. The third kappa shape index (κ3) is 3.36. The molecule has 0 amide bonds. The van der Waals surface area contributed by atoms with Crippen molar-refractivity contribution in [3.05, 3.63) is 59.1 Å². The number of aromatic amines is 1. The number of anilines is 1. The second kappa shape index (κ2) is 6.81. The van der Waals surface area contributed by atoms with Crippen LogP contribution in [0, 0.1) is 0 Å². The van der Waals surface area contributed by atoms with Crippen LogP contribution in [0.15, 0.2) is 48.5 Å². The van der Waals surface area contributed by atoms with Crippen molar-refractivity contribution < 1.29 is 14.5 Å². The number of H-pyrrole nitrogens is 1. The number of para-hydroxylation sites is 2. The molecule has 3 rings (SSSR count). The van der Waals surface area contributed by atoms with Gasteiger partial charge in [0.05, 0.1) is 13.2 Å². The predicted octanol–water partition coefficient (Wildman–Crippen LogP) is 2.40. The molecule has 3 N–H and O–H groups in total. The standard InChI is InChI=1S/C17H16ClN3O2/c18-13-7-5-12(6-8-13)16(23)11-21-15-4-2-1-3-14(15)20-17(21)19-9-10-22/h1-8,22H,9-11H2,(H,19,20)/p+1. The normalized spacial score (nSPS) is 10.9. The smallest absolute Gasteiger partial charge is 0.356 e. The molecule has 0 spiro atoms. The number of aliphatic hydroxyl groups is 1. The highest BCUT2D eigenvalue weighted by molar-refractivity contribution is 6.30. The van der Waals surface area contributed by atoms with Gasteiger partial charge in [0.15, 0.2) is 5.78 Å². The van der Waals surface area contributed by atoms with Crippen LogP contribution in [0.25, 0.3) is 11.0 Å². The van der Waals surface area contributed by atoms with Crippen LogP contribution in [-0.2, 0) is 6.54 Å². The minimum atomic E-state index is -0.0107. The van der Waals surface area contributed by atoms with E-state index in [1.807, 2.05) is 28.8 Å². The monoisotopic (exact) mass is 330 g/mol. The number of rotatable bonds is 6. The minimum Gasteiger partial charge on any atom is -0.393 e. The van der Waals surface area contributed by atoms with E-state index in [-0.39, 0.29) is 18.9 Å². The fraction of sp³-hybridized carbons (Fsp3) is 0.176. The van der Waals surface area contributed by atoms with Crippen molar-refractivity contribution in [3.8, 4) is 0 Å². The number of nitrogens with one attached hydrogen (secondary N) is 2. The van der Waals surface area contributed by atoms with Gasteiger partial charge >= 0.3 is 5.95 Å². The molecule has 6 heteroatoms. The Kier molecular flexibility index (Phi) is 4.60. The number of Topliss-reactive ketones (excluding diaryl/α,β-unsaturated/α-hetero) is 1. The van der Waals surface area contributed by atoms with Crippen LogP contribution < -0.4 is 9.88 Å². The lowest BCUT2D eigenvalue weighted by atomic mass is 10.1. The first-order valence-corrected chi connectivity index (χ1v) is 7.71. The van der Waals surface area contributed by atoms with Gasteiger partial charge in [-0.3, -0.25) is 10.1 Å². The van der Waals surface area contributed by atoms with Gasteiger partial charge in [0.25, 0.3) is 0 Å². The van der Waals surface area contributed by atoms with Gasteiger partial charge in [-0.2, -0.15) is 0 Å². The molecule has 0 aliphatic rings. The average molecular weight is 331 g/mol. The molecule has 2 aromatic carbocycles. The van der Waals surface area contributed by atoms with Gasteiger partial charge in [-0.05, 0) is 36.4 Å². The lowest BCUT2D eigenvalue weighted by Gasteiger charge is -2.04. The maximum absolute atomic E-state index is 12.5. The van der Waals surface area contributed by atoms with Crippen LogP contribution in [0.3, 0.4) is 0 Å². The first-order valence-electron chi connectivity index (χ1n) is 7.33. The highest BCUT2D eigenvalue weighted by Crippen LogP contribution is 2.14. The van der Waals surface area contributed by atoms with E-state index in [0.29, 0.717) is 23.1 Å². The molecule has 0 fully saturated rings. The van der Waals surface area contributed by atoms with Crippen molar-refractivity contribution >= 4 is 34.4 Å². The fourth-order valence-corrected chi connectivity index (χ4v) is 2.61. The molecule has 23 heavy (non-hydrogen) atoms. The number of fused-ring (bicyclic) bond motifs is 1. The minimum absolute atomic E-state index is 0.0107. The Hall–Kier alpha value is -2.37. The Morgan fingerprint density at radius 2 is 1.91 bits per heavy atom. The van der Waals surface area contributed by atoms with Gasteiger partial charge in [-0.1, -0.05) is 23.7 Å². The van der Waals surface area contributed by atoms with E-state index in [1.165, 1.54) is 0 Å². The van der Waals surface area contributed by atoms with Gasteiger partial charge in [0.2, 0.25) is 0 Å². The summed E-state index contributed by atoms with van der Waals surface area (Å²) in [6, 6.07) is 14.6. The zero-order valence-electron chi connectivity index (χ0n) is 12.4. The molecule has 1 aromatic heterocycles. The molecule has 0 atom stereocenters. The summed E-state index contributed by atoms with van der Waals surface area (Å²) in [5.41, 5.74) is 2.47. The zero-order valence-corrected chi connectivity index (χ0v) is 13.2. The second-order valence-electron chi connectivity index (χ2n) is 5.16. The number of aliphatic hydroxyl groups excluding tert-OH is 1. The summed E-state index contributed by atoms with van der Waals surface area (Å²) >= 11 is 5.86. The molecule has 5 nitrogen and oxygen atoms in total. The van der Waals surface area contributed by atoms with Crippen molar-refractivity contribution in [2.75, 3.05) is 18.5 Å². The first-order chi connectivity index (χ1) is 11.2. The summed E-state index contributed by atoms with van der Waals surface area (Å²) in [5, 5.41) is 12.7. The number of carbonyl (C=O) groups excluding carboxylic acids is 1. The van der Waals surface area contributed by atoms with Gasteiger partial charge in [0.1, 0.15) is 17.6 Å². The molecule has 0 saturated heterocycles. The number of imidazole rings is 1. The number of halogens is 1. The van der Waals surface area contributed by atoms with Crippen molar-refractivity contribution in [3.63, 3.8) is 0 Å². The molecule has 3 aromatic rings. The number of aromatic nitrogens is 2. The fourth-order valence-electron chi connectivity index (χ4n) is 2.48. The van der Waals surface area contributed by atoms with Crippen molar-refractivity contribution in [1.29, 1.82) is 0 Å². The Labute approximate surface area is 138 Å². The van der Waals surface area contributed by atoms with E-state index in [4.69, 9.17) is 16.7 Å². The summed E-state index contributed by atoms with van der Waals surface area (Å²) in [6.45, 7) is 0.613. The second-order valence-corrected chi connectivity index (χ2v) is 5.59. The number of ketones is 1. The summed E-state index contributed by atoms with van der Waals surface area (Å²) < 4.78 is 1.88. The van der Waals surface area contributed by atoms with E-state index >= 15 is 0 Å². The molecule has 0 unspecified atom stereocenters. The van der Waals surface area contributed by atoms with E-state index in [2.05, 4.69) is 10.3 Å². The van der Waals surface area contributed by atoms with Crippen LogP contribution in [0.4, 0.5) is 5.95 Å². The molecule has 0 aliphatic heterocycles. The Balaban J connectivity index is 1.94. The highest BCUT2D eigenvalue weighted by Gasteiger charge is 2.19. The molecule has 0 bridgehead atoms. The maximum atomic E-state index is 12.5. The molecule has 1 heterocycles. The molecular weight excluding hydrogens is 314 g/mol. The Morgan fingerprint density at radius 3 is 2.65 bits per heavy atom. The topological polar surface area (TPSA) is 69.0 Å². The molecule has 0 radical (unpaired) electrons. The van der Waals surface area contributed by atoms with E-state index < -0.39 is 0 Å². The SMILES string of the molecule is O=C(C[n+]1c(NCCO)[nH]c2ccccc21)c1ccc(Cl)cc1. The van der Waals surface area contributed by atoms with E-state index in [9.17, 15) is 4.79 Å². The number of benzene rings is 2. The quantitative estimate of drug-likeness (QED) is 0.480. The highest BCUT2D eigenvalue weighted by atomic mass is 35.5. The lowest BCUT2D eigenvalue weighted by molar-refractivity contribution is -0.642. The van der Waals surface area contributed by atoms with Gasteiger partial charge in [0, 0.05) is 10.6 Å². The van der Waals surface area contributed by atoms with Gasteiger partial charge in [-0.15, -0.1) is 0 Å². The third-order valence-corrected chi connectivity index (χ3v) is 3.84. The number of hydrogen-bond donors (Lipinski definition) is 3. The van der Waals surface area contributed by atoms with Crippen LogP contribution in [0.2, 0.25) is 5.02 Å². The van der Waals surface area contributed by atoms with Crippen molar-refractivity contribution in [1.82, 2.24) is 4.98 Å². The summed E-state index contributed by atoms with van der Waals surface area (Å²) in [4.78, 5) is 15.8. The van der Waals surface area contributed by atoms with Gasteiger partial charge < -0.3 is 5.11 Å².